The Kier molecular flexibility index (Phi) is 1.99. The lowest BCUT2D eigenvalue weighted by atomic mass is 10.2. The van der Waals surface area contributed by atoms with Crippen LogP contribution in [0.25, 0.3) is 10.9 Å². The minimum atomic E-state index is 0.133. The molecule has 0 unspecified atom stereocenters. The number of aromatic nitrogens is 1. The van der Waals surface area contributed by atoms with Crippen LogP contribution < -0.4 is 0 Å². The van der Waals surface area contributed by atoms with Gasteiger partial charge in [0.15, 0.2) is 0 Å². The van der Waals surface area contributed by atoms with Crippen LogP contribution in [0.1, 0.15) is 16.9 Å². The first-order chi connectivity index (χ1) is 7.77. The summed E-state index contributed by atoms with van der Waals surface area (Å²) in [5.74, 6) is 0.133. The molecule has 0 spiro atoms. The molecular formula is C13H14N2O. The van der Waals surface area contributed by atoms with E-state index in [2.05, 4.69) is 16.7 Å². The maximum atomic E-state index is 12.1. The van der Waals surface area contributed by atoms with E-state index in [4.69, 9.17) is 0 Å². The van der Waals surface area contributed by atoms with Crippen LogP contribution >= 0.6 is 0 Å². The number of para-hydroxylation sites is 1. The average Bonchev–Trinajstić information content (AvgIpc) is 2.61. The third kappa shape index (κ3) is 1.24. The second-order valence-corrected chi connectivity index (χ2v) is 4.32. The highest BCUT2D eigenvalue weighted by Crippen LogP contribution is 2.23. The Morgan fingerprint density at radius 3 is 2.88 bits per heavy atom. The van der Waals surface area contributed by atoms with Gasteiger partial charge in [-0.2, -0.15) is 0 Å². The highest BCUT2D eigenvalue weighted by Gasteiger charge is 2.21. The zero-order valence-corrected chi connectivity index (χ0v) is 9.31. The summed E-state index contributed by atoms with van der Waals surface area (Å²) in [5, 5.41) is 1.15. The second-order valence-electron chi connectivity index (χ2n) is 4.32. The smallest absolute Gasteiger partial charge is 0.270 e. The van der Waals surface area contributed by atoms with Gasteiger partial charge in [-0.25, -0.2) is 0 Å². The normalized spacial score (nSPS) is 16.3. The molecule has 0 bridgehead atoms. The summed E-state index contributed by atoms with van der Waals surface area (Å²) >= 11 is 0. The van der Waals surface area contributed by atoms with Gasteiger partial charge in [-0.1, -0.05) is 18.2 Å². The van der Waals surface area contributed by atoms with E-state index in [1.54, 1.807) is 4.90 Å². The molecule has 0 saturated carbocycles. The first-order valence-electron chi connectivity index (χ1n) is 5.61. The van der Waals surface area contributed by atoms with Gasteiger partial charge in [0.1, 0.15) is 5.69 Å². The van der Waals surface area contributed by atoms with Crippen molar-refractivity contribution in [2.45, 2.75) is 13.0 Å². The van der Waals surface area contributed by atoms with Crippen LogP contribution in [0.4, 0.5) is 0 Å². The highest BCUT2D eigenvalue weighted by molar-refractivity contribution is 5.98. The fourth-order valence-electron chi connectivity index (χ4n) is 2.39. The number of carbonyl (C=O) groups excluding carboxylic acids is 1. The summed E-state index contributed by atoms with van der Waals surface area (Å²) in [6, 6.07) is 10.2. The largest absolute Gasteiger partial charge is 0.340 e. The van der Waals surface area contributed by atoms with E-state index in [-0.39, 0.29) is 5.91 Å². The fraction of sp³-hybridized carbons (Fsp3) is 0.308. The Balaban J connectivity index is 2.27. The summed E-state index contributed by atoms with van der Waals surface area (Å²) in [4.78, 5) is 13.9. The summed E-state index contributed by atoms with van der Waals surface area (Å²) in [6.45, 7) is 1.77. The molecular weight excluding hydrogens is 200 g/mol. The summed E-state index contributed by atoms with van der Waals surface area (Å²) in [7, 11) is 1.87. The Hall–Kier alpha value is -1.77. The van der Waals surface area contributed by atoms with Crippen LogP contribution in [-0.4, -0.2) is 29.0 Å². The molecule has 0 aliphatic carbocycles. The molecule has 0 fully saturated rings. The van der Waals surface area contributed by atoms with Gasteiger partial charge in [0.2, 0.25) is 0 Å². The number of carbonyl (C=O) groups is 1. The second kappa shape index (κ2) is 3.37. The number of hydrogen-bond acceptors (Lipinski definition) is 1. The van der Waals surface area contributed by atoms with Crippen molar-refractivity contribution >= 4 is 16.8 Å². The van der Waals surface area contributed by atoms with Gasteiger partial charge in [-0.3, -0.25) is 4.79 Å². The molecule has 3 rings (SSSR count). The Morgan fingerprint density at radius 1 is 1.19 bits per heavy atom. The van der Waals surface area contributed by atoms with Crippen molar-refractivity contribution in [1.82, 2.24) is 9.47 Å². The Bertz CT molecular complexity index is 556. The van der Waals surface area contributed by atoms with Crippen LogP contribution in [0, 0.1) is 0 Å². The topological polar surface area (TPSA) is 25.2 Å². The molecule has 0 N–H and O–H groups in total. The number of aryl methyl sites for hydroxylation is 1. The summed E-state index contributed by atoms with van der Waals surface area (Å²) in [5.41, 5.74) is 1.99. The molecule has 2 heterocycles. The zero-order valence-electron chi connectivity index (χ0n) is 9.31. The maximum Gasteiger partial charge on any atom is 0.270 e. The standard InChI is InChI=1S/C13H14N2O/c1-14-7-4-8-15-11-6-3-2-5-10(11)9-12(15)13(14)16/h2-3,5-6,9H,4,7-8H2,1H3. The number of benzene rings is 1. The van der Waals surface area contributed by atoms with Crippen LogP contribution in [0.5, 0.6) is 0 Å². The summed E-state index contributed by atoms with van der Waals surface area (Å²) in [6.07, 6.45) is 1.02. The predicted molar refractivity (Wildman–Crippen MR) is 63.5 cm³/mol. The van der Waals surface area contributed by atoms with Gasteiger partial charge in [0.25, 0.3) is 5.91 Å². The Morgan fingerprint density at radius 2 is 2.00 bits per heavy atom. The number of amides is 1. The van der Waals surface area contributed by atoms with Crippen molar-refractivity contribution in [3.05, 3.63) is 36.0 Å². The van der Waals surface area contributed by atoms with Crippen molar-refractivity contribution in [3.8, 4) is 0 Å². The van der Waals surface area contributed by atoms with E-state index in [1.165, 1.54) is 5.52 Å². The third-order valence-electron chi connectivity index (χ3n) is 3.25. The molecule has 2 aromatic rings. The lowest BCUT2D eigenvalue weighted by Gasteiger charge is -2.12. The molecule has 1 aromatic heterocycles. The van der Waals surface area contributed by atoms with Gasteiger partial charge in [-0.15, -0.1) is 0 Å². The van der Waals surface area contributed by atoms with Crippen LogP contribution in [0.15, 0.2) is 30.3 Å². The van der Waals surface area contributed by atoms with E-state index >= 15 is 0 Å². The van der Waals surface area contributed by atoms with Gasteiger partial charge < -0.3 is 9.47 Å². The molecule has 16 heavy (non-hydrogen) atoms. The lowest BCUT2D eigenvalue weighted by Crippen LogP contribution is -2.26. The third-order valence-corrected chi connectivity index (χ3v) is 3.25. The molecule has 3 heteroatoms. The minimum Gasteiger partial charge on any atom is -0.340 e. The quantitative estimate of drug-likeness (QED) is 0.659. The van der Waals surface area contributed by atoms with Gasteiger partial charge in [0.05, 0.1) is 0 Å². The van der Waals surface area contributed by atoms with E-state index < -0.39 is 0 Å². The molecule has 0 atom stereocenters. The molecule has 1 amide bonds. The van der Waals surface area contributed by atoms with Crippen molar-refractivity contribution in [2.24, 2.45) is 0 Å². The molecule has 0 saturated heterocycles. The number of fused-ring (bicyclic) bond motifs is 3. The maximum absolute atomic E-state index is 12.1. The fourth-order valence-corrected chi connectivity index (χ4v) is 2.39. The molecule has 82 valence electrons. The monoisotopic (exact) mass is 214 g/mol. The van der Waals surface area contributed by atoms with E-state index in [0.29, 0.717) is 0 Å². The predicted octanol–water partition coefficient (Wildman–Crippen LogP) is 2.12. The van der Waals surface area contributed by atoms with Gasteiger partial charge in [-0.05, 0) is 18.6 Å². The van der Waals surface area contributed by atoms with Crippen molar-refractivity contribution in [3.63, 3.8) is 0 Å². The SMILES string of the molecule is CN1CCCn2c(cc3ccccc32)C1=O. The van der Waals surface area contributed by atoms with E-state index in [0.717, 1.165) is 30.6 Å². The van der Waals surface area contributed by atoms with Crippen LogP contribution in [0.3, 0.4) is 0 Å². The van der Waals surface area contributed by atoms with Gasteiger partial charge in [0, 0.05) is 31.0 Å². The van der Waals surface area contributed by atoms with Crippen molar-refractivity contribution < 1.29 is 4.79 Å². The average molecular weight is 214 g/mol. The molecule has 1 aliphatic rings. The van der Waals surface area contributed by atoms with E-state index in [1.807, 2.05) is 25.2 Å². The zero-order chi connectivity index (χ0) is 11.1. The number of nitrogens with zero attached hydrogens (tertiary/aromatic N) is 2. The lowest BCUT2D eigenvalue weighted by molar-refractivity contribution is 0.0797. The number of hydrogen-bond donors (Lipinski definition) is 0. The summed E-state index contributed by atoms with van der Waals surface area (Å²) < 4.78 is 2.14. The highest BCUT2D eigenvalue weighted by atomic mass is 16.2. The first-order valence-corrected chi connectivity index (χ1v) is 5.61. The minimum absolute atomic E-state index is 0.133. The van der Waals surface area contributed by atoms with Crippen LogP contribution in [-0.2, 0) is 6.54 Å². The van der Waals surface area contributed by atoms with Crippen molar-refractivity contribution in [1.29, 1.82) is 0 Å². The molecule has 1 aliphatic heterocycles. The van der Waals surface area contributed by atoms with Gasteiger partial charge >= 0.3 is 0 Å². The molecule has 0 radical (unpaired) electrons. The molecule has 3 nitrogen and oxygen atoms in total. The van der Waals surface area contributed by atoms with E-state index in [9.17, 15) is 4.79 Å². The first kappa shape index (κ1) is 9.46. The number of rotatable bonds is 0. The van der Waals surface area contributed by atoms with Crippen molar-refractivity contribution in [2.75, 3.05) is 13.6 Å². The van der Waals surface area contributed by atoms with Crippen LogP contribution in [0.2, 0.25) is 0 Å². The molecule has 1 aromatic carbocycles. The Labute approximate surface area is 94.3 Å².